The summed E-state index contributed by atoms with van der Waals surface area (Å²) in [5.41, 5.74) is 3.11. The van der Waals surface area contributed by atoms with Crippen molar-refractivity contribution in [2.45, 2.75) is 19.8 Å². The molecule has 0 radical (unpaired) electrons. The van der Waals surface area contributed by atoms with Gasteiger partial charge in [0, 0.05) is 17.5 Å². The minimum atomic E-state index is -0.526. The van der Waals surface area contributed by atoms with Gasteiger partial charge in [0.1, 0.15) is 17.2 Å². The van der Waals surface area contributed by atoms with Crippen molar-refractivity contribution in [3.05, 3.63) is 71.2 Å². The van der Waals surface area contributed by atoms with Gasteiger partial charge in [-0.1, -0.05) is 23.4 Å². The van der Waals surface area contributed by atoms with Gasteiger partial charge in [0.2, 0.25) is 0 Å². The Kier molecular flexibility index (Phi) is 4.37. The number of aliphatic imine (C=N–C) groups is 1. The van der Waals surface area contributed by atoms with Crippen molar-refractivity contribution < 1.29 is 13.7 Å². The monoisotopic (exact) mass is 411 g/mol. The van der Waals surface area contributed by atoms with E-state index in [9.17, 15) is 10.1 Å². The minimum absolute atomic E-state index is 0.268. The molecule has 0 fully saturated rings. The van der Waals surface area contributed by atoms with Crippen LogP contribution < -0.4 is 5.32 Å². The lowest BCUT2D eigenvalue weighted by atomic mass is 9.80. The number of hydrogen-bond donors (Lipinski definition) is 1. The van der Waals surface area contributed by atoms with Crippen molar-refractivity contribution in [3.63, 3.8) is 0 Å². The van der Waals surface area contributed by atoms with Gasteiger partial charge in [-0.2, -0.15) is 5.26 Å². The van der Waals surface area contributed by atoms with Crippen LogP contribution in [0.25, 0.3) is 11.0 Å². The van der Waals surface area contributed by atoms with Crippen molar-refractivity contribution in [3.8, 4) is 6.07 Å². The Hall–Kier alpha value is -4.25. The molecule has 0 saturated heterocycles. The maximum absolute atomic E-state index is 12.6. The number of pyridine rings is 1. The maximum Gasteiger partial charge on any atom is 0.256 e. The SMILES string of the molecule is CC1=Nc2onc(C)c2C(c2cc3c(NC(=O)c4ccccc4)nccc3o2)C1C#N. The molecule has 0 aliphatic carbocycles. The third-order valence-corrected chi connectivity index (χ3v) is 5.44. The fraction of sp³-hybridized carbons (Fsp3) is 0.174. The summed E-state index contributed by atoms with van der Waals surface area (Å²) in [5.74, 6) is 0.124. The summed E-state index contributed by atoms with van der Waals surface area (Å²) < 4.78 is 11.5. The molecule has 4 aromatic rings. The molecule has 0 bridgehead atoms. The van der Waals surface area contributed by atoms with Gasteiger partial charge in [0.25, 0.3) is 11.8 Å². The van der Waals surface area contributed by atoms with Crippen LogP contribution in [-0.4, -0.2) is 21.8 Å². The Morgan fingerprint density at radius 2 is 2.00 bits per heavy atom. The zero-order valence-electron chi connectivity index (χ0n) is 16.8. The van der Waals surface area contributed by atoms with Gasteiger partial charge in [0.15, 0.2) is 0 Å². The molecule has 0 saturated carbocycles. The number of nitriles is 1. The molecule has 3 aromatic heterocycles. The summed E-state index contributed by atoms with van der Waals surface area (Å²) in [6.07, 6.45) is 1.57. The highest BCUT2D eigenvalue weighted by Gasteiger charge is 2.39. The molecule has 8 heteroatoms. The number of aromatic nitrogens is 2. The molecule has 0 spiro atoms. The van der Waals surface area contributed by atoms with Crippen LogP contribution in [0.1, 0.15) is 40.2 Å². The van der Waals surface area contributed by atoms with Gasteiger partial charge in [-0.15, -0.1) is 0 Å². The van der Waals surface area contributed by atoms with E-state index in [2.05, 4.69) is 26.5 Å². The Bertz CT molecular complexity index is 1380. The normalized spacial score (nSPS) is 17.6. The molecule has 8 nitrogen and oxygen atoms in total. The van der Waals surface area contributed by atoms with Gasteiger partial charge in [-0.25, -0.2) is 9.98 Å². The predicted molar refractivity (Wildman–Crippen MR) is 113 cm³/mol. The molecule has 4 heterocycles. The van der Waals surface area contributed by atoms with Gasteiger partial charge in [0.05, 0.1) is 34.5 Å². The number of nitrogens with zero attached hydrogens (tertiary/aromatic N) is 4. The van der Waals surface area contributed by atoms with Crippen molar-refractivity contribution in [2.75, 3.05) is 5.32 Å². The fourth-order valence-corrected chi connectivity index (χ4v) is 3.92. The van der Waals surface area contributed by atoms with E-state index < -0.39 is 11.8 Å². The van der Waals surface area contributed by atoms with Crippen LogP contribution in [0.15, 0.2) is 62.6 Å². The minimum Gasteiger partial charge on any atom is -0.460 e. The second kappa shape index (κ2) is 7.22. The second-order valence-electron chi connectivity index (χ2n) is 7.36. The number of hydrogen-bond acceptors (Lipinski definition) is 7. The van der Waals surface area contributed by atoms with Crippen molar-refractivity contribution in [1.82, 2.24) is 10.1 Å². The van der Waals surface area contributed by atoms with Gasteiger partial charge in [-0.3, -0.25) is 4.79 Å². The van der Waals surface area contributed by atoms with E-state index in [4.69, 9.17) is 8.94 Å². The van der Waals surface area contributed by atoms with E-state index in [1.54, 1.807) is 43.5 Å². The first-order chi connectivity index (χ1) is 15.1. The average Bonchev–Trinajstić information content (AvgIpc) is 3.37. The molecule has 1 N–H and O–H groups in total. The number of rotatable bonds is 3. The Balaban J connectivity index is 1.59. The van der Waals surface area contributed by atoms with Crippen LogP contribution in [0, 0.1) is 24.2 Å². The number of benzene rings is 1. The number of aryl methyl sites for hydroxylation is 1. The summed E-state index contributed by atoms with van der Waals surface area (Å²) in [7, 11) is 0. The smallest absolute Gasteiger partial charge is 0.256 e. The van der Waals surface area contributed by atoms with Crippen LogP contribution in [0.4, 0.5) is 11.7 Å². The Labute approximate surface area is 177 Å². The van der Waals surface area contributed by atoms with Crippen LogP contribution in [-0.2, 0) is 0 Å². The summed E-state index contributed by atoms with van der Waals surface area (Å²) >= 11 is 0. The number of anilines is 1. The summed E-state index contributed by atoms with van der Waals surface area (Å²) in [6, 6.07) is 14.8. The van der Waals surface area contributed by atoms with Crippen molar-refractivity contribution in [1.29, 1.82) is 5.26 Å². The molecule has 5 rings (SSSR count). The topological polar surface area (TPSA) is 117 Å². The standard InChI is InChI=1S/C23H17N5O3/c1-12-16(11-24)20(19-13(2)28-31-23(19)26-12)18-10-15-17(30-18)8-9-25-21(15)27-22(29)14-6-4-3-5-7-14/h3-10,16,20H,1-2H3,(H,25,27,29). The van der Waals surface area contributed by atoms with E-state index in [-0.39, 0.29) is 5.91 Å². The van der Waals surface area contributed by atoms with Gasteiger partial charge in [-0.05, 0) is 38.1 Å². The highest BCUT2D eigenvalue weighted by Crippen LogP contribution is 2.45. The fourth-order valence-electron chi connectivity index (χ4n) is 3.92. The third-order valence-electron chi connectivity index (χ3n) is 5.44. The highest BCUT2D eigenvalue weighted by atomic mass is 16.5. The third kappa shape index (κ3) is 3.07. The molecule has 1 aromatic carbocycles. The van der Waals surface area contributed by atoms with Crippen molar-refractivity contribution in [2.24, 2.45) is 10.9 Å². The summed E-state index contributed by atoms with van der Waals surface area (Å²) in [6.45, 7) is 3.60. The van der Waals surface area contributed by atoms with E-state index >= 15 is 0 Å². The molecular weight excluding hydrogens is 394 g/mol. The van der Waals surface area contributed by atoms with Crippen LogP contribution in [0.2, 0.25) is 0 Å². The van der Waals surface area contributed by atoms with Crippen molar-refractivity contribution >= 4 is 34.3 Å². The first-order valence-corrected chi connectivity index (χ1v) is 9.72. The zero-order valence-corrected chi connectivity index (χ0v) is 16.8. The first kappa shape index (κ1) is 18.8. The Morgan fingerprint density at radius 3 is 2.77 bits per heavy atom. The molecule has 1 amide bonds. The van der Waals surface area contributed by atoms with Gasteiger partial charge < -0.3 is 14.3 Å². The number of furan rings is 1. The van der Waals surface area contributed by atoms with E-state index in [1.165, 1.54) is 0 Å². The van der Waals surface area contributed by atoms with E-state index in [0.29, 0.717) is 45.4 Å². The lowest BCUT2D eigenvalue weighted by Gasteiger charge is -2.23. The molecule has 2 atom stereocenters. The zero-order chi connectivity index (χ0) is 21.5. The summed E-state index contributed by atoms with van der Waals surface area (Å²) in [5, 5.41) is 17.3. The predicted octanol–water partition coefficient (Wildman–Crippen LogP) is 4.75. The molecule has 2 unspecified atom stereocenters. The average molecular weight is 411 g/mol. The van der Waals surface area contributed by atoms with Gasteiger partial charge >= 0.3 is 0 Å². The molecule has 1 aliphatic rings. The number of fused-ring (bicyclic) bond motifs is 2. The van der Waals surface area contributed by atoms with Crippen LogP contribution in [0.3, 0.4) is 0 Å². The second-order valence-corrected chi connectivity index (χ2v) is 7.36. The van der Waals surface area contributed by atoms with E-state index in [1.807, 2.05) is 19.1 Å². The number of amides is 1. The quantitative estimate of drug-likeness (QED) is 0.520. The first-order valence-electron chi connectivity index (χ1n) is 9.72. The molecule has 1 aliphatic heterocycles. The summed E-state index contributed by atoms with van der Waals surface area (Å²) in [4.78, 5) is 21.3. The lowest BCUT2D eigenvalue weighted by Crippen LogP contribution is -2.23. The Morgan fingerprint density at radius 1 is 1.19 bits per heavy atom. The largest absolute Gasteiger partial charge is 0.460 e. The maximum atomic E-state index is 12.6. The number of carbonyl (C=O) groups excluding carboxylic acids is 1. The van der Waals surface area contributed by atoms with Crippen LogP contribution in [0.5, 0.6) is 0 Å². The van der Waals surface area contributed by atoms with Crippen LogP contribution >= 0.6 is 0 Å². The lowest BCUT2D eigenvalue weighted by molar-refractivity contribution is 0.102. The molecular formula is C23H17N5O3. The number of nitrogens with one attached hydrogen (secondary N) is 1. The van der Waals surface area contributed by atoms with E-state index in [0.717, 1.165) is 5.56 Å². The number of carbonyl (C=O) groups is 1. The molecule has 31 heavy (non-hydrogen) atoms. The highest BCUT2D eigenvalue weighted by molar-refractivity contribution is 6.07. The molecule has 152 valence electrons.